The highest BCUT2D eigenvalue weighted by atomic mass is 35.5. The number of hydrogen-bond acceptors (Lipinski definition) is 5. The van der Waals surface area contributed by atoms with Crippen molar-refractivity contribution in [2.24, 2.45) is 17.8 Å². The molecule has 0 radical (unpaired) electrons. The number of halogens is 1. The molecule has 2 N–H and O–H groups in total. The largest absolute Gasteiger partial charge is 0.464 e. The van der Waals surface area contributed by atoms with E-state index in [4.69, 9.17) is 16.3 Å². The molecule has 4 aromatic rings. The van der Waals surface area contributed by atoms with Crippen LogP contribution in [0.4, 0.5) is 0 Å². The number of esters is 1. The number of aromatic nitrogens is 1. The van der Waals surface area contributed by atoms with Crippen molar-refractivity contribution in [2.75, 3.05) is 7.11 Å². The minimum absolute atomic E-state index is 0.0918. The van der Waals surface area contributed by atoms with Gasteiger partial charge in [0.25, 0.3) is 5.91 Å². The number of hydrogen-bond donors (Lipinski definition) is 2. The summed E-state index contributed by atoms with van der Waals surface area (Å²) in [5, 5.41) is 15.1. The molecule has 1 amide bonds. The van der Waals surface area contributed by atoms with Gasteiger partial charge in [0.15, 0.2) is 5.43 Å². The van der Waals surface area contributed by atoms with Gasteiger partial charge in [0, 0.05) is 39.7 Å². The topological polar surface area (TPSA) is 97.6 Å². The van der Waals surface area contributed by atoms with Gasteiger partial charge in [-0.25, -0.2) is 4.79 Å². The minimum atomic E-state index is -0.630. The summed E-state index contributed by atoms with van der Waals surface area (Å²) >= 11 is 6.33. The molecule has 220 valence electrons. The number of rotatable bonds is 6. The van der Waals surface area contributed by atoms with Crippen LogP contribution < -0.4 is 10.7 Å². The van der Waals surface area contributed by atoms with Crippen molar-refractivity contribution in [1.29, 1.82) is 0 Å². The first-order chi connectivity index (χ1) is 20.7. The van der Waals surface area contributed by atoms with Crippen LogP contribution in [0.5, 0.6) is 0 Å². The summed E-state index contributed by atoms with van der Waals surface area (Å²) in [7, 11) is 1.30. The Morgan fingerprint density at radius 2 is 1.70 bits per heavy atom. The number of carbonyl (C=O) groups is 2. The number of amides is 1. The molecule has 3 aromatic carbocycles. The van der Waals surface area contributed by atoms with E-state index in [1.165, 1.54) is 7.11 Å². The van der Waals surface area contributed by atoms with Gasteiger partial charge in [-0.05, 0) is 97.9 Å². The van der Waals surface area contributed by atoms with Gasteiger partial charge < -0.3 is 19.7 Å². The van der Waals surface area contributed by atoms with Gasteiger partial charge in [-0.15, -0.1) is 0 Å². The average molecular weight is 597 g/mol. The second kappa shape index (κ2) is 10.6. The Morgan fingerprint density at radius 1 is 1.00 bits per heavy atom. The quantitative estimate of drug-likeness (QED) is 0.279. The van der Waals surface area contributed by atoms with Crippen LogP contribution in [0.3, 0.4) is 0 Å². The van der Waals surface area contributed by atoms with Crippen molar-refractivity contribution in [3.63, 3.8) is 0 Å². The molecule has 43 heavy (non-hydrogen) atoms. The van der Waals surface area contributed by atoms with Gasteiger partial charge in [0.1, 0.15) is 5.69 Å². The Labute approximate surface area is 254 Å². The number of nitrogens with one attached hydrogen (secondary N) is 1. The molecule has 5 atom stereocenters. The molecule has 1 heterocycles. The number of benzene rings is 3. The molecule has 4 aliphatic carbocycles. The number of aliphatic hydroxyl groups is 1. The lowest BCUT2D eigenvalue weighted by molar-refractivity contribution is -0.136. The van der Waals surface area contributed by atoms with Crippen molar-refractivity contribution >= 4 is 34.4 Å². The number of nitrogens with zero attached hydrogens (tertiary/aromatic N) is 1. The van der Waals surface area contributed by atoms with Crippen molar-refractivity contribution in [2.45, 2.75) is 50.2 Å². The number of pyridine rings is 1. The van der Waals surface area contributed by atoms with E-state index in [2.05, 4.69) is 5.32 Å². The Kier molecular flexibility index (Phi) is 6.90. The van der Waals surface area contributed by atoms with Crippen LogP contribution in [-0.2, 0) is 11.2 Å². The lowest BCUT2D eigenvalue weighted by Crippen LogP contribution is -2.61. The second-order valence-electron chi connectivity index (χ2n) is 12.5. The first kappa shape index (κ1) is 27.9. The average Bonchev–Trinajstić information content (AvgIpc) is 2.99. The highest BCUT2D eigenvalue weighted by Crippen LogP contribution is 2.55. The zero-order valence-corrected chi connectivity index (χ0v) is 24.6. The van der Waals surface area contributed by atoms with Gasteiger partial charge in [-0.3, -0.25) is 9.59 Å². The van der Waals surface area contributed by atoms with E-state index in [1.54, 1.807) is 34.9 Å². The molecule has 4 saturated carbocycles. The molecule has 0 saturated heterocycles. The predicted molar refractivity (Wildman–Crippen MR) is 165 cm³/mol. The summed E-state index contributed by atoms with van der Waals surface area (Å²) in [6, 6.07) is 21.6. The Bertz CT molecular complexity index is 1780. The molecule has 8 rings (SSSR count). The third-order valence-electron chi connectivity index (χ3n) is 9.76. The lowest BCUT2D eigenvalue weighted by Gasteiger charge is -2.58. The zero-order chi connectivity index (χ0) is 29.9. The van der Waals surface area contributed by atoms with E-state index >= 15 is 0 Å². The van der Waals surface area contributed by atoms with Crippen LogP contribution in [0.15, 0.2) is 77.6 Å². The summed E-state index contributed by atoms with van der Waals surface area (Å²) in [6.45, 7) is 0. The normalized spacial score (nSPS) is 25.6. The van der Waals surface area contributed by atoms with Crippen LogP contribution >= 0.6 is 11.6 Å². The van der Waals surface area contributed by atoms with E-state index in [-0.39, 0.29) is 29.5 Å². The first-order valence-electron chi connectivity index (χ1n) is 14.9. The summed E-state index contributed by atoms with van der Waals surface area (Å²) in [5.74, 6) is 0.467. The molecule has 4 bridgehead atoms. The molecule has 1 aromatic heterocycles. The van der Waals surface area contributed by atoms with Crippen LogP contribution in [0.2, 0.25) is 5.02 Å². The van der Waals surface area contributed by atoms with Crippen LogP contribution in [0, 0.1) is 17.8 Å². The van der Waals surface area contributed by atoms with Crippen molar-refractivity contribution in [3.05, 3.63) is 110 Å². The van der Waals surface area contributed by atoms with Gasteiger partial charge in [-0.1, -0.05) is 41.9 Å². The molecule has 7 nitrogen and oxygen atoms in total. The fourth-order valence-corrected chi connectivity index (χ4v) is 8.32. The van der Waals surface area contributed by atoms with E-state index in [0.717, 1.165) is 37.7 Å². The third-order valence-corrected chi connectivity index (χ3v) is 9.99. The molecular weight excluding hydrogens is 564 g/mol. The Morgan fingerprint density at radius 3 is 2.35 bits per heavy atom. The maximum Gasteiger partial charge on any atom is 0.355 e. The van der Waals surface area contributed by atoms with Crippen LogP contribution in [0.25, 0.3) is 16.6 Å². The van der Waals surface area contributed by atoms with E-state index in [0.29, 0.717) is 50.5 Å². The smallest absolute Gasteiger partial charge is 0.355 e. The van der Waals surface area contributed by atoms with E-state index in [1.807, 2.05) is 42.5 Å². The molecular formula is C35H33ClN2O5. The van der Waals surface area contributed by atoms with Crippen molar-refractivity contribution in [1.82, 2.24) is 9.88 Å². The number of carbonyl (C=O) groups excluding carboxylic acids is 2. The molecule has 0 aliphatic heterocycles. The summed E-state index contributed by atoms with van der Waals surface area (Å²) < 4.78 is 6.91. The van der Waals surface area contributed by atoms with Crippen molar-refractivity contribution < 1.29 is 19.4 Å². The number of ether oxygens (including phenoxy) is 1. The molecule has 0 spiro atoms. The number of para-hydroxylation sites is 1. The second-order valence-corrected chi connectivity index (χ2v) is 13.0. The van der Waals surface area contributed by atoms with Gasteiger partial charge in [-0.2, -0.15) is 0 Å². The van der Waals surface area contributed by atoms with E-state index < -0.39 is 11.6 Å². The van der Waals surface area contributed by atoms with E-state index in [9.17, 15) is 19.5 Å². The summed E-state index contributed by atoms with van der Waals surface area (Å²) in [6.07, 6.45) is 4.76. The molecule has 8 heteroatoms. The summed E-state index contributed by atoms with van der Waals surface area (Å²) in [4.78, 5) is 40.4. The van der Waals surface area contributed by atoms with Crippen molar-refractivity contribution in [3.8, 4) is 5.69 Å². The fourth-order valence-electron chi connectivity index (χ4n) is 8.16. The summed E-state index contributed by atoms with van der Waals surface area (Å²) in [5.41, 5.74) is 2.15. The predicted octanol–water partition coefficient (Wildman–Crippen LogP) is 5.69. The molecule has 0 unspecified atom stereocenters. The Balaban J connectivity index is 1.21. The number of methoxy groups -OCH3 is 1. The standard InChI is InChI=1S/C35H33ClN2O5/c1-43-34(41)31-28(32(39)27-12-11-25(36)16-29(27)38(31)26-5-3-2-4-6-26)15-20-7-9-22(10-8-20)33(40)37-30-23-13-21-14-24(30)19-35(42,17-21)18-23/h2-12,16,21,23-24,30,42H,13-15,17-19H2,1H3,(H,37,40)/t21-,23+,24-,30-,35-. The highest BCUT2D eigenvalue weighted by Gasteiger charge is 2.55. The third kappa shape index (κ3) is 4.94. The molecule has 4 fully saturated rings. The monoisotopic (exact) mass is 596 g/mol. The maximum absolute atomic E-state index is 13.9. The Hall–Kier alpha value is -3.94. The van der Waals surface area contributed by atoms with Gasteiger partial charge in [0.2, 0.25) is 0 Å². The molecule has 4 aliphatic rings. The SMILES string of the molecule is COC(=O)c1c(Cc2ccc(C(=O)N[C@H]3[C@@H]4C[C@H]5C[C@H]3C[C@](O)(C5)C4)cc2)c(=O)c2ccc(Cl)cc2n1-c1ccccc1. The first-order valence-corrected chi connectivity index (χ1v) is 15.2. The van der Waals surface area contributed by atoms with Gasteiger partial charge in [0.05, 0.1) is 18.2 Å². The zero-order valence-electron chi connectivity index (χ0n) is 23.9. The fraction of sp³-hybridized carbons (Fsp3) is 0.343. The number of fused-ring (bicyclic) bond motifs is 1. The van der Waals surface area contributed by atoms with Crippen LogP contribution in [-0.4, -0.2) is 40.3 Å². The minimum Gasteiger partial charge on any atom is -0.464 e. The highest BCUT2D eigenvalue weighted by molar-refractivity contribution is 6.31. The maximum atomic E-state index is 13.9. The van der Waals surface area contributed by atoms with Gasteiger partial charge >= 0.3 is 5.97 Å². The lowest BCUT2D eigenvalue weighted by atomic mass is 9.52. The van der Waals surface area contributed by atoms with Crippen LogP contribution in [0.1, 0.15) is 64.1 Å².